The summed E-state index contributed by atoms with van der Waals surface area (Å²) < 4.78 is 44.4. The molecule has 36 heavy (non-hydrogen) atoms. The molecule has 0 spiro atoms. The summed E-state index contributed by atoms with van der Waals surface area (Å²) in [4.78, 5) is 23.8. The van der Waals surface area contributed by atoms with E-state index in [0.29, 0.717) is 17.5 Å². The molecule has 1 fully saturated rings. The molecule has 3 aromatic rings. The van der Waals surface area contributed by atoms with Crippen LogP contribution >= 0.6 is 0 Å². The lowest BCUT2D eigenvalue weighted by molar-refractivity contribution is -0.166. The van der Waals surface area contributed by atoms with Gasteiger partial charge < -0.3 is 25.6 Å². The summed E-state index contributed by atoms with van der Waals surface area (Å²) in [5.41, 5.74) is 0.722. The second-order valence-electron chi connectivity index (χ2n) is 8.33. The quantitative estimate of drug-likeness (QED) is 0.403. The molecule has 1 unspecified atom stereocenters. The summed E-state index contributed by atoms with van der Waals surface area (Å²) in [5, 5.41) is 26.4. The number of halogens is 3. The first-order valence-corrected chi connectivity index (χ1v) is 11.1. The van der Waals surface area contributed by atoms with Crippen molar-refractivity contribution in [1.29, 1.82) is 0 Å². The maximum absolute atomic E-state index is 12.9. The Hall–Kier alpha value is -3.61. The summed E-state index contributed by atoms with van der Waals surface area (Å²) in [5.74, 6) is -0.672. The number of ether oxygens (including phenoxy) is 1. The molecule has 190 valence electrons. The van der Waals surface area contributed by atoms with Crippen molar-refractivity contribution in [2.24, 2.45) is 0 Å². The number of carbonyl (C=O) groups is 1. The normalized spacial score (nSPS) is 24.2. The van der Waals surface area contributed by atoms with Crippen LogP contribution in [-0.2, 0) is 10.9 Å². The third-order valence-corrected chi connectivity index (χ3v) is 5.79. The minimum absolute atomic E-state index is 0.113. The number of anilines is 1. The van der Waals surface area contributed by atoms with E-state index in [0.717, 1.165) is 11.8 Å². The highest BCUT2D eigenvalue weighted by Gasteiger charge is 2.43. The highest BCUT2D eigenvalue weighted by atomic mass is 19.4. The van der Waals surface area contributed by atoms with Gasteiger partial charge in [-0.1, -0.05) is 30.3 Å². The van der Waals surface area contributed by atoms with Gasteiger partial charge in [0.2, 0.25) is 0 Å². The fraction of sp³-hybridized carbons (Fsp3) is 0.333. The lowest BCUT2D eigenvalue weighted by atomic mass is 9.93. The number of rotatable bonds is 6. The summed E-state index contributed by atoms with van der Waals surface area (Å²) in [6, 6.07) is 11.8. The van der Waals surface area contributed by atoms with Crippen LogP contribution in [0.1, 0.15) is 23.0 Å². The van der Waals surface area contributed by atoms with Crippen LogP contribution in [0.2, 0.25) is 0 Å². The van der Waals surface area contributed by atoms with Crippen molar-refractivity contribution in [1.82, 2.24) is 20.3 Å². The molecule has 0 aliphatic carbocycles. The molecule has 4 rings (SSSR count). The van der Waals surface area contributed by atoms with Crippen LogP contribution in [-0.4, -0.2) is 68.1 Å². The molecule has 0 saturated carbocycles. The molecular weight excluding hydrogens is 479 g/mol. The number of aliphatic hydroxyl groups is 2. The Morgan fingerprint density at radius 3 is 2.47 bits per heavy atom. The van der Waals surface area contributed by atoms with E-state index in [9.17, 15) is 28.2 Å². The molecular formula is C24H24F3N5O4. The van der Waals surface area contributed by atoms with Crippen LogP contribution in [0.4, 0.5) is 19.0 Å². The van der Waals surface area contributed by atoms with Gasteiger partial charge in [-0.2, -0.15) is 13.2 Å². The van der Waals surface area contributed by atoms with E-state index in [1.54, 1.807) is 19.1 Å². The molecule has 0 bridgehead atoms. The third kappa shape index (κ3) is 5.78. The molecule has 2 aromatic heterocycles. The van der Waals surface area contributed by atoms with Gasteiger partial charge in [0.15, 0.2) is 5.69 Å². The lowest BCUT2D eigenvalue weighted by Crippen LogP contribution is -2.61. The van der Waals surface area contributed by atoms with Crippen LogP contribution in [0.3, 0.4) is 0 Å². The van der Waals surface area contributed by atoms with E-state index in [-0.39, 0.29) is 12.4 Å². The number of aliphatic hydroxyl groups excluding tert-OH is 2. The smallest absolute Gasteiger partial charge is 0.388 e. The van der Waals surface area contributed by atoms with Crippen LogP contribution in [0.15, 0.2) is 61.1 Å². The first-order valence-electron chi connectivity index (χ1n) is 11.1. The number of nitrogens with one attached hydrogen (secondary N) is 2. The Balaban J connectivity index is 1.35. The number of pyridine rings is 1. The molecule has 12 heteroatoms. The molecule has 3 heterocycles. The maximum atomic E-state index is 12.9. The average molecular weight is 503 g/mol. The van der Waals surface area contributed by atoms with E-state index in [1.165, 1.54) is 6.20 Å². The van der Waals surface area contributed by atoms with Gasteiger partial charge in [-0.15, -0.1) is 0 Å². The van der Waals surface area contributed by atoms with Gasteiger partial charge in [-0.05, 0) is 19.1 Å². The van der Waals surface area contributed by atoms with Gasteiger partial charge in [0, 0.05) is 18.3 Å². The van der Waals surface area contributed by atoms with Crippen LogP contribution < -0.4 is 10.6 Å². The molecule has 1 aromatic carbocycles. The zero-order valence-corrected chi connectivity index (χ0v) is 19.1. The zero-order chi connectivity index (χ0) is 25.9. The molecule has 0 radical (unpaired) electrons. The first kappa shape index (κ1) is 25.5. The standard InChI is InChI=1S/C24H24F3N5O4/c1-13-20(32-19-12-28-11-18(31-19)24(25,26)27)22(34)21(33)17(36-13)10-30-23(35)15-7-8-16(29-9-15)14-5-3-2-4-6-14/h2-9,11-13,17,20-22,33-34H,10H2,1H3,(H,30,35)(H,31,32)/t13?,17-,20+,21+,22-/m1/s1. The van der Waals surface area contributed by atoms with E-state index >= 15 is 0 Å². The Labute approximate surface area is 204 Å². The Morgan fingerprint density at radius 2 is 1.81 bits per heavy atom. The second kappa shape index (κ2) is 10.6. The second-order valence-corrected chi connectivity index (χ2v) is 8.33. The van der Waals surface area contributed by atoms with E-state index < -0.39 is 48.2 Å². The Bertz CT molecular complexity index is 1180. The number of alkyl halides is 3. The van der Waals surface area contributed by atoms with Gasteiger partial charge in [-0.25, -0.2) is 4.98 Å². The van der Waals surface area contributed by atoms with Crippen molar-refractivity contribution in [3.8, 4) is 11.3 Å². The van der Waals surface area contributed by atoms with Gasteiger partial charge >= 0.3 is 6.18 Å². The number of benzene rings is 1. The highest BCUT2D eigenvalue weighted by molar-refractivity contribution is 5.94. The SMILES string of the molecule is CC1O[C@H](CNC(=O)c2ccc(-c3ccccc3)nc2)[C@H](O)[C@H](O)[C@H]1Nc1cncc(C(F)(F)F)n1. The minimum atomic E-state index is -4.68. The maximum Gasteiger partial charge on any atom is 0.434 e. The highest BCUT2D eigenvalue weighted by Crippen LogP contribution is 2.29. The van der Waals surface area contributed by atoms with Crippen molar-refractivity contribution in [3.05, 3.63) is 72.3 Å². The van der Waals surface area contributed by atoms with E-state index in [1.807, 2.05) is 30.3 Å². The van der Waals surface area contributed by atoms with Crippen molar-refractivity contribution >= 4 is 11.7 Å². The molecule has 9 nitrogen and oxygen atoms in total. The van der Waals surface area contributed by atoms with Crippen molar-refractivity contribution in [2.45, 2.75) is 43.6 Å². The number of hydrogen-bond acceptors (Lipinski definition) is 8. The first-order chi connectivity index (χ1) is 17.1. The largest absolute Gasteiger partial charge is 0.434 e. The van der Waals surface area contributed by atoms with Crippen molar-refractivity contribution in [2.75, 3.05) is 11.9 Å². The van der Waals surface area contributed by atoms with Crippen molar-refractivity contribution in [3.63, 3.8) is 0 Å². The van der Waals surface area contributed by atoms with Crippen LogP contribution in [0.25, 0.3) is 11.3 Å². The van der Waals surface area contributed by atoms with Crippen LogP contribution in [0, 0.1) is 0 Å². The molecule has 1 aliphatic heterocycles. The number of hydrogen-bond donors (Lipinski definition) is 4. The third-order valence-electron chi connectivity index (χ3n) is 5.79. The van der Waals surface area contributed by atoms with Gasteiger partial charge in [-0.3, -0.25) is 14.8 Å². The lowest BCUT2D eigenvalue weighted by Gasteiger charge is -2.42. The number of aromatic nitrogens is 3. The molecule has 1 saturated heterocycles. The minimum Gasteiger partial charge on any atom is -0.388 e. The van der Waals surface area contributed by atoms with Crippen LogP contribution in [0.5, 0.6) is 0 Å². The van der Waals surface area contributed by atoms with E-state index in [2.05, 4.69) is 25.6 Å². The topological polar surface area (TPSA) is 129 Å². The molecule has 4 N–H and O–H groups in total. The van der Waals surface area contributed by atoms with Gasteiger partial charge in [0.1, 0.15) is 24.1 Å². The van der Waals surface area contributed by atoms with Crippen molar-refractivity contribution < 1.29 is 32.9 Å². The predicted octanol–water partition coefficient (Wildman–Crippen LogP) is 2.28. The monoisotopic (exact) mass is 503 g/mol. The summed E-state index contributed by atoms with van der Waals surface area (Å²) in [7, 11) is 0. The summed E-state index contributed by atoms with van der Waals surface area (Å²) in [6.07, 6.45) is -6.14. The van der Waals surface area contributed by atoms with Gasteiger partial charge in [0.05, 0.1) is 35.8 Å². The number of nitrogens with zero attached hydrogens (tertiary/aromatic N) is 3. The fourth-order valence-corrected chi connectivity index (χ4v) is 3.87. The predicted molar refractivity (Wildman–Crippen MR) is 123 cm³/mol. The Morgan fingerprint density at radius 1 is 1.06 bits per heavy atom. The average Bonchev–Trinajstić information content (AvgIpc) is 2.88. The number of carbonyl (C=O) groups excluding carboxylic acids is 1. The summed E-state index contributed by atoms with van der Waals surface area (Å²) in [6.45, 7) is 1.47. The fourth-order valence-electron chi connectivity index (χ4n) is 3.87. The van der Waals surface area contributed by atoms with Gasteiger partial charge in [0.25, 0.3) is 5.91 Å². The zero-order valence-electron chi connectivity index (χ0n) is 19.1. The number of amides is 1. The molecule has 1 amide bonds. The molecule has 5 atom stereocenters. The van der Waals surface area contributed by atoms with E-state index in [4.69, 9.17) is 4.74 Å². The molecule has 1 aliphatic rings. The summed E-state index contributed by atoms with van der Waals surface area (Å²) >= 11 is 0. The Kier molecular flexibility index (Phi) is 7.48.